The van der Waals surface area contributed by atoms with Gasteiger partial charge in [0.2, 0.25) is 5.91 Å². The Morgan fingerprint density at radius 3 is 2.58 bits per heavy atom. The number of hydrogen-bond acceptors (Lipinski definition) is 2. The third-order valence-corrected chi connectivity index (χ3v) is 3.25. The summed E-state index contributed by atoms with van der Waals surface area (Å²) >= 11 is 5.81. The summed E-state index contributed by atoms with van der Waals surface area (Å²) in [5.41, 5.74) is 0.496. The summed E-state index contributed by atoms with van der Waals surface area (Å²) in [4.78, 5) is 22.5. The van der Waals surface area contributed by atoms with Gasteiger partial charge in [-0.05, 0) is 31.5 Å². The second-order valence-corrected chi connectivity index (χ2v) is 4.80. The van der Waals surface area contributed by atoms with E-state index in [1.807, 2.05) is 0 Å². The van der Waals surface area contributed by atoms with Gasteiger partial charge in [0.05, 0.1) is 12.3 Å². The Balaban J connectivity index is 2.63. The van der Waals surface area contributed by atoms with E-state index in [9.17, 15) is 14.0 Å². The van der Waals surface area contributed by atoms with Gasteiger partial charge in [0, 0.05) is 11.1 Å². The van der Waals surface area contributed by atoms with Gasteiger partial charge in [-0.1, -0.05) is 17.7 Å². The van der Waals surface area contributed by atoms with Crippen LogP contribution in [0.1, 0.15) is 19.4 Å². The number of nitrogens with one attached hydrogen (secondary N) is 1. The highest BCUT2D eigenvalue weighted by Crippen LogP contribution is 2.17. The molecule has 0 aliphatic heterocycles. The van der Waals surface area contributed by atoms with E-state index >= 15 is 0 Å². The van der Waals surface area contributed by atoms with Gasteiger partial charge in [-0.3, -0.25) is 9.59 Å². The second-order valence-electron chi connectivity index (χ2n) is 4.40. The molecule has 1 aromatic carbocycles. The van der Waals surface area contributed by atoms with E-state index in [2.05, 4.69) is 5.32 Å². The van der Waals surface area contributed by atoms with Crippen LogP contribution in [0.3, 0.4) is 0 Å². The first kappa shape index (κ1) is 15.4. The van der Waals surface area contributed by atoms with Gasteiger partial charge >= 0.3 is 5.97 Å². The zero-order chi connectivity index (χ0) is 14.6. The molecule has 0 aromatic heterocycles. The molecule has 6 heteroatoms. The van der Waals surface area contributed by atoms with Crippen molar-refractivity contribution in [3.8, 4) is 0 Å². The molecule has 1 amide bonds. The minimum Gasteiger partial charge on any atom is -0.481 e. The first-order valence-electron chi connectivity index (χ1n) is 5.77. The van der Waals surface area contributed by atoms with E-state index in [4.69, 9.17) is 16.7 Å². The second kappa shape index (κ2) is 6.52. The molecule has 0 saturated carbocycles. The molecule has 0 aliphatic rings. The Labute approximate surface area is 115 Å². The maximum atomic E-state index is 12.8. The summed E-state index contributed by atoms with van der Waals surface area (Å²) in [7, 11) is 0. The van der Waals surface area contributed by atoms with Gasteiger partial charge in [0.25, 0.3) is 0 Å². The molecule has 2 N–H and O–H groups in total. The lowest BCUT2D eigenvalue weighted by Crippen LogP contribution is -2.40. The van der Waals surface area contributed by atoms with Crippen molar-refractivity contribution in [3.63, 3.8) is 0 Å². The predicted molar refractivity (Wildman–Crippen MR) is 69.5 cm³/mol. The molecule has 104 valence electrons. The van der Waals surface area contributed by atoms with Gasteiger partial charge in [-0.25, -0.2) is 4.39 Å². The summed E-state index contributed by atoms with van der Waals surface area (Å²) in [6.07, 6.45) is -0.0181. The van der Waals surface area contributed by atoms with Crippen molar-refractivity contribution in [1.82, 2.24) is 5.32 Å². The molecule has 2 atom stereocenters. The minimum atomic E-state index is -0.979. The third-order valence-electron chi connectivity index (χ3n) is 2.89. The van der Waals surface area contributed by atoms with Crippen molar-refractivity contribution in [3.05, 3.63) is 34.6 Å². The number of hydrogen-bond donors (Lipinski definition) is 2. The molecule has 0 heterocycles. The van der Waals surface area contributed by atoms with E-state index in [0.717, 1.165) is 6.07 Å². The highest BCUT2D eigenvalue weighted by Gasteiger charge is 2.21. The predicted octanol–water partition coefficient (Wildman–Crippen LogP) is 2.25. The van der Waals surface area contributed by atoms with Gasteiger partial charge in [0.15, 0.2) is 0 Å². The lowest BCUT2D eigenvalue weighted by atomic mass is 10.0. The zero-order valence-corrected chi connectivity index (χ0v) is 11.4. The minimum absolute atomic E-state index is 0.0181. The van der Waals surface area contributed by atoms with Crippen LogP contribution in [0.5, 0.6) is 0 Å². The van der Waals surface area contributed by atoms with Crippen LogP contribution in [0.2, 0.25) is 5.02 Å². The number of carboxylic acid groups (broad SMARTS) is 1. The van der Waals surface area contributed by atoms with E-state index in [-0.39, 0.29) is 17.4 Å². The highest BCUT2D eigenvalue weighted by atomic mass is 35.5. The van der Waals surface area contributed by atoms with Crippen LogP contribution >= 0.6 is 11.6 Å². The molecule has 2 unspecified atom stereocenters. The Kier molecular flexibility index (Phi) is 5.30. The van der Waals surface area contributed by atoms with E-state index in [1.54, 1.807) is 6.92 Å². The molecule has 0 aliphatic carbocycles. The lowest BCUT2D eigenvalue weighted by molar-refractivity contribution is -0.142. The molecular weight excluding hydrogens is 273 g/mol. The summed E-state index contributed by atoms with van der Waals surface area (Å²) in [6, 6.07) is 3.29. The van der Waals surface area contributed by atoms with Crippen LogP contribution in [-0.4, -0.2) is 23.0 Å². The summed E-state index contributed by atoms with van der Waals surface area (Å²) in [6.45, 7) is 3.13. The number of aliphatic carboxylic acids is 1. The monoisotopic (exact) mass is 287 g/mol. The average Bonchev–Trinajstić information content (AvgIpc) is 2.31. The zero-order valence-electron chi connectivity index (χ0n) is 10.6. The average molecular weight is 288 g/mol. The van der Waals surface area contributed by atoms with Gasteiger partial charge in [-0.15, -0.1) is 0 Å². The van der Waals surface area contributed by atoms with Crippen molar-refractivity contribution in [1.29, 1.82) is 0 Å². The largest absolute Gasteiger partial charge is 0.481 e. The molecule has 0 spiro atoms. The maximum absolute atomic E-state index is 12.8. The van der Waals surface area contributed by atoms with Crippen LogP contribution in [0.15, 0.2) is 18.2 Å². The summed E-state index contributed by atoms with van der Waals surface area (Å²) in [5.74, 6) is -2.49. The smallest absolute Gasteiger partial charge is 0.308 e. The molecule has 1 rings (SSSR count). The molecule has 0 saturated heterocycles. The first-order valence-corrected chi connectivity index (χ1v) is 6.15. The molecule has 4 nitrogen and oxygen atoms in total. The topological polar surface area (TPSA) is 66.4 Å². The number of amides is 1. The fourth-order valence-corrected chi connectivity index (χ4v) is 1.72. The van der Waals surface area contributed by atoms with Crippen LogP contribution in [-0.2, 0) is 16.0 Å². The van der Waals surface area contributed by atoms with Crippen LogP contribution in [0.4, 0.5) is 4.39 Å². The van der Waals surface area contributed by atoms with Gasteiger partial charge < -0.3 is 10.4 Å². The fourth-order valence-electron chi connectivity index (χ4n) is 1.48. The summed E-state index contributed by atoms with van der Waals surface area (Å²) < 4.78 is 12.8. The Morgan fingerprint density at radius 2 is 2.05 bits per heavy atom. The van der Waals surface area contributed by atoms with Crippen molar-refractivity contribution in [2.45, 2.75) is 26.3 Å². The number of rotatable bonds is 5. The van der Waals surface area contributed by atoms with Gasteiger partial charge in [0.1, 0.15) is 5.82 Å². The number of benzene rings is 1. The van der Waals surface area contributed by atoms with E-state index < -0.39 is 23.7 Å². The SMILES string of the molecule is CC(NC(=O)Cc1ccc(F)cc1Cl)C(C)C(=O)O. The Bertz CT molecular complexity index is 493. The van der Waals surface area contributed by atoms with E-state index in [0.29, 0.717) is 5.56 Å². The molecule has 1 aromatic rings. The molecule has 0 bridgehead atoms. The Morgan fingerprint density at radius 1 is 1.42 bits per heavy atom. The molecular formula is C13H15ClFNO3. The maximum Gasteiger partial charge on any atom is 0.308 e. The molecule has 0 fully saturated rings. The quantitative estimate of drug-likeness (QED) is 0.873. The van der Waals surface area contributed by atoms with Gasteiger partial charge in [-0.2, -0.15) is 0 Å². The molecule has 0 radical (unpaired) electrons. The third kappa shape index (κ3) is 4.52. The van der Waals surface area contributed by atoms with E-state index in [1.165, 1.54) is 19.1 Å². The molecule has 19 heavy (non-hydrogen) atoms. The number of carbonyl (C=O) groups is 2. The normalized spacial score (nSPS) is 13.7. The van der Waals surface area contributed by atoms with Crippen molar-refractivity contribution >= 4 is 23.5 Å². The van der Waals surface area contributed by atoms with Crippen molar-refractivity contribution in [2.75, 3.05) is 0 Å². The number of carbonyl (C=O) groups excluding carboxylic acids is 1. The fraction of sp³-hybridized carbons (Fsp3) is 0.385. The summed E-state index contributed by atoms with van der Waals surface area (Å²) in [5, 5.41) is 11.6. The Hall–Kier alpha value is -1.62. The van der Waals surface area contributed by atoms with Crippen LogP contribution < -0.4 is 5.32 Å². The standard InChI is InChI=1S/C13H15ClFNO3/c1-7(13(18)19)8(2)16-12(17)5-9-3-4-10(15)6-11(9)14/h3-4,6-8H,5H2,1-2H3,(H,16,17)(H,18,19). The van der Waals surface area contributed by atoms with Crippen LogP contribution in [0, 0.1) is 11.7 Å². The highest BCUT2D eigenvalue weighted by molar-refractivity contribution is 6.31. The van der Waals surface area contributed by atoms with Crippen LogP contribution in [0.25, 0.3) is 0 Å². The number of carboxylic acids is 1. The van der Waals surface area contributed by atoms with Crippen molar-refractivity contribution in [2.24, 2.45) is 5.92 Å². The lowest BCUT2D eigenvalue weighted by Gasteiger charge is -2.17. The number of halogens is 2. The van der Waals surface area contributed by atoms with Crippen molar-refractivity contribution < 1.29 is 19.1 Å². The first-order chi connectivity index (χ1) is 8.81.